The molecule has 6 heteroatoms. The van der Waals surface area contributed by atoms with Gasteiger partial charge in [-0.25, -0.2) is 15.8 Å². The first-order valence-electron chi connectivity index (χ1n) is 5.30. The van der Waals surface area contributed by atoms with Gasteiger partial charge in [0.2, 0.25) is 0 Å². The van der Waals surface area contributed by atoms with E-state index in [2.05, 4.69) is 15.4 Å². The molecule has 0 aliphatic heterocycles. The molecule has 90 valence electrons. The van der Waals surface area contributed by atoms with Crippen LogP contribution in [0.4, 0.5) is 11.6 Å². The van der Waals surface area contributed by atoms with Gasteiger partial charge in [0, 0.05) is 19.5 Å². The summed E-state index contributed by atoms with van der Waals surface area (Å²) in [5, 5.41) is 9.09. The van der Waals surface area contributed by atoms with Crippen LogP contribution in [0.3, 0.4) is 0 Å². The molecule has 0 aromatic carbocycles. The highest BCUT2D eigenvalue weighted by molar-refractivity contribution is 5.49. The van der Waals surface area contributed by atoms with Gasteiger partial charge in [0.25, 0.3) is 0 Å². The standard InChI is InChI=1S/C10H19N5O/c1-4-8-12-9(14-11)5-10(13-8)15(3)7(2)6-16/h5,7,16H,4,6,11H2,1-3H3,(H,12,13,14). The smallest absolute Gasteiger partial charge is 0.145 e. The largest absolute Gasteiger partial charge is 0.394 e. The molecule has 0 bridgehead atoms. The molecule has 1 unspecified atom stereocenters. The fraction of sp³-hybridized carbons (Fsp3) is 0.600. The van der Waals surface area contributed by atoms with E-state index in [0.717, 1.165) is 18.1 Å². The van der Waals surface area contributed by atoms with Crippen LogP contribution in [-0.4, -0.2) is 34.8 Å². The van der Waals surface area contributed by atoms with Crippen molar-refractivity contribution in [2.75, 3.05) is 24.0 Å². The first-order valence-corrected chi connectivity index (χ1v) is 5.30. The highest BCUT2D eigenvalue weighted by Crippen LogP contribution is 2.16. The molecule has 1 rings (SSSR count). The Bertz CT molecular complexity index is 322. The van der Waals surface area contributed by atoms with Crippen LogP contribution in [0, 0.1) is 0 Å². The Hall–Kier alpha value is -1.40. The van der Waals surface area contributed by atoms with Crippen LogP contribution in [0.15, 0.2) is 6.07 Å². The summed E-state index contributed by atoms with van der Waals surface area (Å²) in [6.45, 7) is 3.98. The Balaban J connectivity index is 3.02. The molecule has 0 aliphatic rings. The van der Waals surface area contributed by atoms with Gasteiger partial charge < -0.3 is 15.4 Å². The lowest BCUT2D eigenvalue weighted by molar-refractivity contribution is 0.269. The van der Waals surface area contributed by atoms with Crippen LogP contribution in [0.2, 0.25) is 0 Å². The topological polar surface area (TPSA) is 87.3 Å². The number of nitrogen functional groups attached to an aromatic ring is 1. The van der Waals surface area contributed by atoms with Gasteiger partial charge >= 0.3 is 0 Å². The van der Waals surface area contributed by atoms with E-state index in [1.807, 2.05) is 25.8 Å². The Morgan fingerprint density at radius 3 is 2.75 bits per heavy atom. The molecule has 16 heavy (non-hydrogen) atoms. The van der Waals surface area contributed by atoms with Gasteiger partial charge in [-0.1, -0.05) is 6.92 Å². The Morgan fingerprint density at radius 1 is 1.56 bits per heavy atom. The first-order chi connectivity index (χ1) is 7.62. The molecule has 0 saturated heterocycles. The molecular weight excluding hydrogens is 206 g/mol. The van der Waals surface area contributed by atoms with E-state index in [4.69, 9.17) is 10.9 Å². The van der Waals surface area contributed by atoms with Gasteiger partial charge in [0.15, 0.2) is 0 Å². The second kappa shape index (κ2) is 5.62. The van der Waals surface area contributed by atoms with Crippen molar-refractivity contribution in [3.05, 3.63) is 11.9 Å². The summed E-state index contributed by atoms with van der Waals surface area (Å²) in [6.07, 6.45) is 0.740. The lowest BCUT2D eigenvalue weighted by Gasteiger charge is -2.24. The van der Waals surface area contributed by atoms with E-state index in [0.29, 0.717) is 5.82 Å². The number of hydrogen-bond acceptors (Lipinski definition) is 6. The number of aliphatic hydroxyl groups excluding tert-OH is 1. The SMILES string of the molecule is CCc1nc(NN)cc(N(C)C(C)CO)n1. The normalized spacial score (nSPS) is 12.3. The summed E-state index contributed by atoms with van der Waals surface area (Å²) in [5.74, 6) is 7.40. The minimum absolute atomic E-state index is 0.00484. The molecule has 1 aromatic heterocycles. The van der Waals surface area contributed by atoms with Crippen molar-refractivity contribution in [3.63, 3.8) is 0 Å². The number of nitrogens with one attached hydrogen (secondary N) is 1. The lowest BCUT2D eigenvalue weighted by atomic mass is 10.3. The molecule has 0 saturated carbocycles. The number of nitrogens with two attached hydrogens (primary N) is 1. The summed E-state index contributed by atoms with van der Waals surface area (Å²) >= 11 is 0. The number of aliphatic hydroxyl groups is 1. The zero-order valence-electron chi connectivity index (χ0n) is 9.94. The van der Waals surface area contributed by atoms with Gasteiger partial charge in [0.05, 0.1) is 12.6 Å². The van der Waals surface area contributed by atoms with Crippen LogP contribution in [0.25, 0.3) is 0 Å². The Kier molecular flexibility index (Phi) is 4.45. The summed E-state index contributed by atoms with van der Waals surface area (Å²) in [7, 11) is 1.88. The summed E-state index contributed by atoms with van der Waals surface area (Å²) in [5.41, 5.74) is 2.51. The molecule has 0 radical (unpaired) electrons. The minimum Gasteiger partial charge on any atom is -0.394 e. The number of nitrogens with zero attached hydrogens (tertiary/aromatic N) is 3. The molecule has 0 spiro atoms. The van der Waals surface area contributed by atoms with Crippen molar-refractivity contribution in [2.45, 2.75) is 26.3 Å². The van der Waals surface area contributed by atoms with Crippen molar-refractivity contribution in [3.8, 4) is 0 Å². The second-order valence-corrected chi connectivity index (χ2v) is 3.67. The monoisotopic (exact) mass is 225 g/mol. The van der Waals surface area contributed by atoms with E-state index < -0.39 is 0 Å². The third kappa shape index (κ3) is 2.80. The molecule has 0 fully saturated rings. The zero-order chi connectivity index (χ0) is 12.1. The Morgan fingerprint density at radius 2 is 2.25 bits per heavy atom. The molecular formula is C10H19N5O. The molecule has 1 heterocycles. The highest BCUT2D eigenvalue weighted by atomic mass is 16.3. The van der Waals surface area contributed by atoms with Gasteiger partial charge in [-0.3, -0.25) is 0 Å². The van der Waals surface area contributed by atoms with E-state index in [1.54, 1.807) is 6.07 Å². The number of anilines is 2. The van der Waals surface area contributed by atoms with Crippen molar-refractivity contribution in [2.24, 2.45) is 5.84 Å². The zero-order valence-corrected chi connectivity index (χ0v) is 9.94. The molecule has 1 atom stereocenters. The lowest BCUT2D eigenvalue weighted by Crippen LogP contribution is -2.33. The van der Waals surface area contributed by atoms with Gasteiger partial charge in [-0.15, -0.1) is 0 Å². The quantitative estimate of drug-likeness (QED) is 0.488. The van der Waals surface area contributed by atoms with Crippen LogP contribution in [0.5, 0.6) is 0 Å². The van der Waals surface area contributed by atoms with Gasteiger partial charge in [0.1, 0.15) is 17.5 Å². The number of hydrogen-bond donors (Lipinski definition) is 3. The predicted molar refractivity (Wildman–Crippen MR) is 64.2 cm³/mol. The van der Waals surface area contributed by atoms with Crippen LogP contribution in [-0.2, 0) is 6.42 Å². The van der Waals surface area contributed by atoms with Crippen molar-refractivity contribution < 1.29 is 5.11 Å². The molecule has 0 amide bonds. The first kappa shape index (κ1) is 12.7. The third-order valence-corrected chi connectivity index (χ3v) is 2.51. The Labute approximate surface area is 95.5 Å². The highest BCUT2D eigenvalue weighted by Gasteiger charge is 2.12. The maximum atomic E-state index is 9.09. The summed E-state index contributed by atoms with van der Waals surface area (Å²) in [4.78, 5) is 10.5. The average Bonchev–Trinajstić information content (AvgIpc) is 2.35. The summed E-state index contributed by atoms with van der Waals surface area (Å²) in [6, 6.07) is 1.76. The van der Waals surface area contributed by atoms with E-state index in [-0.39, 0.29) is 12.6 Å². The van der Waals surface area contributed by atoms with E-state index in [1.165, 1.54) is 0 Å². The van der Waals surface area contributed by atoms with E-state index >= 15 is 0 Å². The second-order valence-electron chi connectivity index (χ2n) is 3.67. The molecule has 4 N–H and O–H groups in total. The maximum absolute atomic E-state index is 9.09. The van der Waals surface area contributed by atoms with Crippen molar-refractivity contribution in [1.29, 1.82) is 0 Å². The van der Waals surface area contributed by atoms with Crippen LogP contribution < -0.4 is 16.2 Å². The molecule has 0 aliphatic carbocycles. The predicted octanol–water partition coefficient (Wildman–Crippen LogP) is 0.142. The van der Waals surface area contributed by atoms with Gasteiger partial charge in [-0.2, -0.15) is 0 Å². The number of aromatic nitrogens is 2. The van der Waals surface area contributed by atoms with Crippen LogP contribution >= 0.6 is 0 Å². The average molecular weight is 225 g/mol. The van der Waals surface area contributed by atoms with Crippen molar-refractivity contribution >= 4 is 11.6 Å². The van der Waals surface area contributed by atoms with Crippen molar-refractivity contribution in [1.82, 2.24) is 9.97 Å². The third-order valence-electron chi connectivity index (χ3n) is 2.51. The molecule has 6 nitrogen and oxygen atoms in total. The maximum Gasteiger partial charge on any atom is 0.145 e. The van der Waals surface area contributed by atoms with E-state index in [9.17, 15) is 0 Å². The van der Waals surface area contributed by atoms with Crippen LogP contribution in [0.1, 0.15) is 19.7 Å². The number of hydrazine groups is 1. The van der Waals surface area contributed by atoms with Gasteiger partial charge in [-0.05, 0) is 6.92 Å². The number of aryl methyl sites for hydroxylation is 1. The fourth-order valence-corrected chi connectivity index (χ4v) is 1.24. The fourth-order valence-electron chi connectivity index (χ4n) is 1.24. The molecule has 1 aromatic rings. The minimum atomic E-state index is 0.00484. The number of likely N-dealkylation sites (N-methyl/N-ethyl adjacent to an activating group) is 1. The number of rotatable bonds is 5. The summed E-state index contributed by atoms with van der Waals surface area (Å²) < 4.78 is 0.